The Morgan fingerprint density at radius 2 is 1.83 bits per heavy atom. The van der Waals surface area contributed by atoms with Crippen LogP contribution in [-0.2, 0) is 4.79 Å². The molecule has 3 N–H and O–H groups in total. The van der Waals surface area contributed by atoms with Crippen LogP contribution in [0.4, 0.5) is 0 Å². The Balaban J connectivity index is 2.48. The third-order valence-corrected chi connectivity index (χ3v) is 4.11. The Hall–Kier alpha value is -0.610. The molecule has 0 radical (unpaired) electrons. The van der Waals surface area contributed by atoms with Crippen LogP contribution in [0.25, 0.3) is 0 Å². The predicted octanol–water partition coefficient (Wildman–Crippen LogP) is 1.57. The van der Waals surface area contributed by atoms with Gasteiger partial charge in [0.1, 0.15) is 0 Å². The molecule has 1 amide bonds. The first-order valence-corrected chi connectivity index (χ1v) is 7.26. The lowest BCUT2D eigenvalue weighted by molar-refractivity contribution is -0.124. The summed E-state index contributed by atoms with van der Waals surface area (Å²) in [4.78, 5) is 12.1. The molecule has 0 aromatic rings. The zero-order valence-corrected chi connectivity index (χ0v) is 12.0. The van der Waals surface area contributed by atoms with Gasteiger partial charge in [0.25, 0.3) is 0 Å². The van der Waals surface area contributed by atoms with Crippen LogP contribution in [0.1, 0.15) is 59.3 Å². The molecule has 0 aliphatic heterocycles. The Morgan fingerprint density at radius 3 is 2.28 bits per heavy atom. The smallest absolute Gasteiger partial charge is 0.237 e. The van der Waals surface area contributed by atoms with Crippen LogP contribution in [0.15, 0.2) is 0 Å². The highest BCUT2D eigenvalue weighted by Gasteiger charge is 2.35. The van der Waals surface area contributed by atoms with Crippen molar-refractivity contribution >= 4 is 5.91 Å². The van der Waals surface area contributed by atoms with Gasteiger partial charge in [-0.1, -0.05) is 26.7 Å². The summed E-state index contributed by atoms with van der Waals surface area (Å²) in [5.41, 5.74) is -0.231. The lowest BCUT2D eigenvalue weighted by atomic mass is 9.97. The van der Waals surface area contributed by atoms with E-state index in [1.807, 2.05) is 6.92 Å². The largest absolute Gasteiger partial charge is 0.394 e. The zero-order valence-electron chi connectivity index (χ0n) is 12.0. The second-order valence-corrected chi connectivity index (χ2v) is 5.53. The Morgan fingerprint density at radius 1 is 1.28 bits per heavy atom. The molecular weight excluding hydrogens is 228 g/mol. The number of amides is 1. The quantitative estimate of drug-likeness (QED) is 0.648. The Labute approximate surface area is 111 Å². The minimum atomic E-state index is -0.240. The van der Waals surface area contributed by atoms with Crippen molar-refractivity contribution in [3.8, 4) is 0 Å². The molecule has 0 aromatic heterocycles. The van der Waals surface area contributed by atoms with Gasteiger partial charge in [0.15, 0.2) is 0 Å². The van der Waals surface area contributed by atoms with Crippen molar-refractivity contribution in [2.24, 2.45) is 0 Å². The SMILES string of the molecule is CCC(CC)NC(=O)C(C)NC1(CO)CCCC1. The number of hydrogen-bond donors (Lipinski definition) is 3. The van der Waals surface area contributed by atoms with E-state index in [4.69, 9.17) is 0 Å². The van der Waals surface area contributed by atoms with Crippen molar-refractivity contribution < 1.29 is 9.90 Å². The van der Waals surface area contributed by atoms with Crippen LogP contribution < -0.4 is 10.6 Å². The number of rotatable bonds is 7. The van der Waals surface area contributed by atoms with E-state index in [9.17, 15) is 9.90 Å². The molecule has 0 spiro atoms. The molecule has 1 saturated carbocycles. The summed E-state index contributed by atoms with van der Waals surface area (Å²) in [6.07, 6.45) is 6.11. The van der Waals surface area contributed by atoms with Gasteiger partial charge in [-0.25, -0.2) is 0 Å². The second kappa shape index (κ2) is 7.10. The number of carbonyl (C=O) groups excluding carboxylic acids is 1. The highest BCUT2D eigenvalue weighted by Crippen LogP contribution is 2.29. The molecule has 0 aromatic carbocycles. The van der Waals surface area contributed by atoms with Gasteiger partial charge in [-0.3, -0.25) is 10.1 Å². The number of carbonyl (C=O) groups is 1. The van der Waals surface area contributed by atoms with E-state index in [0.717, 1.165) is 38.5 Å². The average Bonchev–Trinajstić information content (AvgIpc) is 2.84. The van der Waals surface area contributed by atoms with Gasteiger partial charge in [-0.15, -0.1) is 0 Å². The van der Waals surface area contributed by atoms with Crippen molar-refractivity contribution in [2.75, 3.05) is 6.61 Å². The summed E-state index contributed by atoms with van der Waals surface area (Å²) in [6, 6.07) is 0.0197. The van der Waals surface area contributed by atoms with Crippen molar-refractivity contribution in [2.45, 2.75) is 76.9 Å². The number of aliphatic hydroxyl groups excluding tert-OH is 1. The van der Waals surface area contributed by atoms with Gasteiger partial charge in [-0.05, 0) is 32.6 Å². The highest BCUT2D eigenvalue weighted by molar-refractivity contribution is 5.81. The molecular formula is C14H28N2O2. The first kappa shape index (κ1) is 15.4. The molecule has 1 atom stereocenters. The topological polar surface area (TPSA) is 61.4 Å². The summed E-state index contributed by atoms with van der Waals surface area (Å²) >= 11 is 0. The van der Waals surface area contributed by atoms with Gasteiger partial charge in [0.05, 0.1) is 12.6 Å². The maximum atomic E-state index is 12.1. The molecule has 4 nitrogen and oxygen atoms in total. The van der Waals surface area contributed by atoms with Crippen molar-refractivity contribution in [3.63, 3.8) is 0 Å². The van der Waals surface area contributed by atoms with E-state index in [2.05, 4.69) is 24.5 Å². The van der Waals surface area contributed by atoms with Gasteiger partial charge in [0.2, 0.25) is 5.91 Å². The van der Waals surface area contributed by atoms with Crippen molar-refractivity contribution in [1.29, 1.82) is 0 Å². The molecule has 1 unspecified atom stereocenters. The average molecular weight is 256 g/mol. The van der Waals surface area contributed by atoms with Crippen LogP contribution in [0.5, 0.6) is 0 Å². The summed E-state index contributed by atoms with van der Waals surface area (Å²) < 4.78 is 0. The number of hydrogen-bond acceptors (Lipinski definition) is 3. The molecule has 18 heavy (non-hydrogen) atoms. The van der Waals surface area contributed by atoms with Crippen LogP contribution in [-0.4, -0.2) is 35.2 Å². The molecule has 1 rings (SSSR count). The molecule has 106 valence electrons. The Bertz CT molecular complexity index is 259. The van der Waals surface area contributed by atoms with Crippen LogP contribution in [0.3, 0.4) is 0 Å². The number of nitrogens with one attached hydrogen (secondary N) is 2. The fraction of sp³-hybridized carbons (Fsp3) is 0.929. The Kier molecular flexibility index (Phi) is 6.09. The third kappa shape index (κ3) is 3.95. The monoisotopic (exact) mass is 256 g/mol. The molecule has 1 fully saturated rings. The zero-order chi connectivity index (χ0) is 13.6. The van der Waals surface area contributed by atoms with Crippen molar-refractivity contribution in [1.82, 2.24) is 10.6 Å². The molecule has 0 bridgehead atoms. The van der Waals surface area contributed by atoms with Gasteiger partial charge >= 0.3 is 0 Å². The van der Waals surface area contributed by atoms with Crippen LogP contribution in [0, 0.1) is 0 Å². The van der Waals surface area contributed by atoms with E-state index in [1.165, 1.54) is 0 Å². The van der Waals surface area contributed by atoms with Crippen molar-refractivity contribution in [3.05, 3.63) is 0 Å². The second-order valence-electron chi connectivity index (χ2n) is 5.53. The van der Waals surface area contributed by atoms with Gasteiger partial charge < -0.3 is 10.4 Å². The molecule has 0 saturated heterocycles. The minimum Gasteiger partial charge on any atom is -0.394 e. The predicted molar refractivity (Wildman–Crippen MR) is 73.4 cm³/mol. The summed E-state index contributed by atoms with van der Waals surface area (Å²) in [6.45, 7) is 6.17. The first-order chi connectivity index (χ1) is 8.56. The van der Waals surface area contributed by atoms with Gasteiger partial charge in [-0.2, -0.15) is 0 Å². The fourth-order valence-corrected chi connectivity index (χ4v) is 2.74. The molecule has 0 heterocycles. The lowest BCUT2D eigenvalue weighted by Gasteiger charge is -2.32. The highest BCUT2D eigenvalue weighted by atomic mass is 16.3. The first-order valence-electron chi connectivity index (χ1n) is 7.26. The summed E-state index contributed by atoms with van der Waals surface area (Å²) in [5.74, 6) is 0.0448. The third-order valence-electron chi connectivity index (χ3n) is 4.11. The van der Waals surface area contributed by atoms with E-state index >= 15 is 0 Å². The molecule has 1 aliphatic carbocycles. The number of aliphatic hydroxyl groups is 1. The molecule has 4 heteroatoms. The summed E-state index contributed by atoms with van der Waals surface area (Å²) in [5, 5.41) is 15.9. The minimum absolute atomic E-state index is 0.0448. The fourth-order valence-electron chi connectivity index (χ4n) is 2.74. The lowest BCUT2D eigenvalue weighted by Crippen LogP contribution is -2.56. The summed E-state index contributed by atoms with van der Waals surface area (Å²) in [7, 11) is 0. The van der Waals surface area contributed by atoms with E-state index < -0.39 is 0 Å². The van der Waals surface area contributed by atoms with E-state index in [0.29, 0.717) is 0 Å². The van der Waals surface area contributed by atoms with E-state index in [1.54, 1.807) is 0 Å². The molecule has 1 aliphatic rings. The normalized spacial score (nSPS) is 20.1. The van der Waals surface area contributed by atoms with E-state index in [-0.39, 0.29) is 30.1 Å². The van der Waals surface area contributed by atoms with Crippen LogP contribution >= 0.6 is 0 Å². The maximum Gasteiger partial charge on any atom is 0.237 e. The standard InChI is InChI=1S/C14H28N2O2/c1-4-12(5-2)15-13(18)11(3)16-14(10-17)8-6-7-9-14/h11-12,16-17H,4-10H2,1-3H3,(H,15,18). The van der Waals surface area contributed by atoms with Crippen LogP contribution in [0.2, 0.25) is 0 Å². The van der Waals surface area contributed by atoms with Gasteiger partial charge in [0, 0.05) is 11.6 Å². The maximum absolute atomic E-state index is 12.1.